The molecule has 0 heterocycles. The zero-order valence-corrected chi connectivity index (χ0v) is 11.3. The molecule has 0 bridgehead atoms. The molecule has 0 spiro atoms. The number of aliphatic hydroxyl groups excluding tert-OH is 1. The Bertz CT molecular complexity index is 326. The van der Waals surface area contributed by atoms with Crippen LogP contribution < -0.4 is 0 Å². The summed E-state index contributed by atoms with van der Waals surface area (Å²) in [6.07, 6.45) is 3.12. The highest BCUT2D eigenvalue weighted by molar-refractivity contribution is 5.70. The largest absolute Gasteiger partial charge is 0.460 e. The quantitative estimate of drug-likeness (QED) is 0.590. The van der Waals surface area contributed by atoms with Gasteiger partial charge < -0.3 is 14.6 Å². The maximum Gasteiger partial charge on any atom is 0.310 e. The lowest BCUT2D eigenvalue weighted by Crippen LogP contribution is -2.37. The van der Waals surface area contributed by atoms with Gasteiger partial charge in [-0.3, -0.25) is 9.59 Å². The van der Waals surface area contributed by atoms with Gasteiger partial charge in [-0.1, -0.05) is 13.5 Å². The molecule has 1 aliphatic rings. The molecule has 1 N–H and O–H groups in total. The Morgan fingerprint density at radius 3 is 2.68 bits per heavy atom. The Balaban J connectivity index is 2.36. The molecule has 1 aliphatic carbocycles. The summed E-state index contributed by atoms with van der Waals surface area (Å²) in [6, 6.07) is 0. The molecule has 0 saturated heterocycles. The predicted octanol–water partition coefficient (Wildman–Crippen LogP) is 1.94. The SMILES string of the molecule is C=COC(=O)CC1CCC(OC(=O)CCC)C(O)C1. The number of carbonyl (C=O) groups excluding carboxylic acids is 2. The molecule has 5 heteroatoms. The summed E-state index contributed by atoms with van der Waals surface area (Å²) < 4.78 is 9.88. The van der Waals surface area contributed by atoms with Gasteiger partial charge in [-0.15, -0.1) is 0 Å². The fraction of sp³-hybridized carbons (Fsp3) is 0.714. The molecule has 0 aliphatic heterocycles. The van der Waals surface area contributed by atoms with Crippen LogP contribution in [0.2, 0.25) is 0 Å². The van der Waals surface area contributed by atoms with Gasteiger partial charge in [-0.2, -0.15) is 0 Å². The third kappa shape index (κ3) is 5.42. The molecule has 0 radical (unpaired) electrons. The third-order valence-electron chi connectivity index (χ3n) is 3.27. The van der Waals surface area contributed by atoms with Gasteiger partial charge >= 0.3 is 11.9 Å². The molecule has 19 heavy (non-hydrogen) atoms. The Morgan fingerprint density at radius 2 is 2.11 bits per heavy atom. The molecular formula is C14H22O5. The molecule has 1 fully saturated rings. The van der Waals surface area contributed by atoms with E-state index in [0.29, 0.717) is 19.3 Å². The topological polar surface area (TPSA) is 72.8 Å². The van der Waals surface area contributed by atoms with Crippen LogP contribution in [0.25, 0.3) is 0 Å². The van der Waals surface area contributed by atoms with E-state index in [1.54, 1.807) is 0 Å². The van der Waals surface area contributed by atoms with Crippen molar-refractivity contribution in [1.29, 1.82) is 0 Å². The third-order valence-corrected chi connectivity index (χ3v) is 3.27. The second kappa shape index (κ2) is 7.94. The normalized spacial score (nSPS) is 26.5. The van der Waals surface area contributed by atoms with Gasteiger partial charge in [-0.05, 0) is 31.6 Å². The molecule has 0 aromatic heterocycles. The number of hydrogen-bond donors (Lipinski definition) is 1. The molecular weight excluding hydrogens is 248 g/mol. The molecule has 0 amide bonds. The van der Waals surface area contributed by atoms with Crippen molar-refractivity contribution >= 4 is 11.9 Å². The fourth-order valence-electron chi connectivity index (χ4n) is 2.34. The molecule has 3 atom stereocenters. The van der Waals surface area contributed by atoms with Gasteiger partial charge in [-0.25, -0.2) is 0 Å². The van der Waals surface area contributed by atoms with E-state index >= 15 is 0 Å². The first-order valence-electron chi connectivity index (χ1n) is 6.74. The predicted molar refractivity (Wildman–Crippen MR) is 69.0 cm³/mol. The second-order valence-electron chi connectivity index (χ2n) is 4.89. The summed E-state index contributed by atoms with van der Waals surface area (Å²) in [4.78, 5) is 22.7. The van der Waals surface area contributed by atoms with E-state index in [4.69, 9.17) is 4.74 Å². The molecule has 0 aromatic rings. The summed E-state index contributed by atoms with van der Waals surface area (Å²) in [5.41, 5.74) is 0. The smallest absolute Gasteiger partial charge is 0.310 e. The van der Waals surface area contributed by atoms with Crippen molar-refractivity contribution in [3.63, 3.8) is 0 Å². The first-order chi connectivity index (χ1) is 9.06. The molecule has 3 unspecified atom stereocenters. The van der Waals surface area contributed by atoms with Gasteiger partial charge in [0.2, 0.25) is 0 Å². The van der Waals surface area contributed by atoms with Crippen molar-refractivity contribution in [3.05, 3.63) is 12.8 Å². The van der Waals surface area contributed by atoms with E-state index in [9.17, 15) is 14.7 Å². The number of esters is 2. The summed E-state index contributed by atoms with van der Waals surface area (Å²) in [6.45, 7) is 5.22. The Labute approximate surface area is 113 Å². The van der Waals surface area contributed by atoms with Crippen molar-refractivity contribution in [2.45, 2.75) is 57.7 Å². The highest BCUT2D eigenvalue weighted by Crippen LogP contribution is 2.29. The lowest BCUT2D eigenvalue weighted by atomic mass is 9.83. The van der Waals surface area contributed by atoms with Crippen LogP contribution in [-0.2, 0) is 19.1 Å². The number of hydrogen-bond acceptors (Lipinski definition) is 5. The van der Waals surface area contributed by atoms with Crippen molar-refractivity contribution in [1.82, 2.24) is 0 Å². The Hall–Kier alpha value is -1.36. The van der Waals surface area contributed by atoms with Crippen LogP contribution in [0.3, 0.4) is 0 Å². The van der Waals surface area contributed by atoms with Crippen molar-refractivity contribution in [3.8, 4) is 0 Å². The highest BCUT2D eigenvalue weighted by Gasteiger charge is 2.32. The zero-order chi connectivity index (χ0) is 14.3. The van der Waals surface area contributed by atoms with Crippen LogP contribution in [0.15, 0.2) is 12.8 Å². The Morgan fingerprint density at radius 1 is 1.37 bits per heavy atom. The highest BCUT2D eigenvalue weighted by atomic mass is 16.6. The lowest BCUT2D eigenvalue weighted by Gasteiger charge is -2.32. The lowest BCUT2D eigenvalue weighted by molar-refractivity contribution is -0.160. The second-order valence-corrected chi connectivity index (χ2v) is 4.89. The van der Waals surface area contributed by atoms with Crippen LogP contribution >= 0.6 is 0 Å². The molecule has 0 aromatic carbocycles. The molecule has 1 saturated carbocycles. The van der Waals surface area contributed by atoms with Crippen LogP contribution in [0, 0.1) is 5.92 Å². The number of carbonyl (C=O) groups is 2. The standard InChI is InChI=1S/C14H22O5/c1-3-5-13(16)19-12-7-6-10(8-11(12)15)9-14(17)18-4-2/h4,10-12,15H,2-3,5-9H2,1H3. The van der Waals surface area contributed by atoms with Crippen molar-refractivity contribution in [2.24, 2.45) is 5.92 Å². The van der Waals surface area contributed by atoms with E-state index in [1.807, 2.05) is 6.92 Å². The van der Waals surface area contributed by atoms with Gasteiger partial charge in [0.05, 0.1) is 12.4 Å². The van der Waals surface area contributed by atoms with E-state index in [-0.39, 0.29) is 24.3 Å². The van der Waals surface area contributed by atoms with Crippen LogP contribution in [0.1, 0.15) is 45.4 Å². The minimum absolute atomic E-state index is 0.0728. The van der Waals surface area contributed by atoms with Gasteiger partial charge in [0.15, 0.2) is 0 Å². The minimum atomic E-state index is -0.698. The van der Waals surface area contributed by atoms with Crippen LogP contribution in [0.5, 0.6) is 0 Å². The molecule has 108 valence electrons. The number of aliphatic hydroxyl groups is 1. The molecule has 1 rings (SSSR count). The average molecular weight is 270 g/mol. The number of rotatable bonds is 6. The van der Waals surface area contributed by atoms with Crippen LogP contribution in [0.4, 0.5) is 0 Å². The van der Waals surface area contributed by atoms with Crippen molar-refractivity contribution in [2.75, 3.05) is 0 Å². The maximum atomic E-state index is 11.4. The fourth-order valence-corrected chi connectivity index (χ4v) is 2.34. The summed E-state index contributed by atoms with van der Waals surface area (Å²) in [5, 5.41) is 9.95. The monoisotopic (exact) mass is 270 g/mol. The summed E-state index contributed by atoms with van der Waals surface area (Å²) in [7, 11) is 0. The van der Waals surface area contributed by atoms with E-state index in [1.165, 1.54) is 0 Å². The van der Waals surface area contributed by atoms with Crippen molar-refractivity contribution < 1.29 is 24.2 Å². The first-order valence-corrected chi connectivity index (χ1v) is 6.74. The number of ether oxygens (including phenoxy) is 2. The summed E-state index contributed by atoms with van der Waals surface area (Å²) >= 11 is 0. The maximum absolute atomic E-state index is 11.4. The molecule has 5 nitrogen and oxygen atoms in total. The zero-order valence-electron chi connectivity index (χ0n) is 11.3. The van der Waals surface area contributed by atoms with E-state index in [0.717, 1.165) is 19.1 Å². The Kier molecular flexibility index (Phi) is 6.56. The van der Waals surface area contributed by atoms with Gasteiger partial charge in [0.25, 0.3) is 0 Å². The first kappa shape index (κ1) is 15.7. The summed E-state index contributed by atoms with van der Waals surface area (Å²) in [5.74, 6) is -0.534. The van der Waals surface area contributed by atoms with Crippen LogP contribution in [-0.4, -0.2) is 29.3 Å². The van der Waals surface area contributed by atoms with E-state index in [2.05, 4.69) is 11.3 Å². The van der Waals surface area contributed by atoms with Gasteiger partial charge in [0.1, 0.15) is 6.10 Å². The minimum Gasteiger partial charge on any atom is -0.460 e. The van der Waals surface area contributed by atoms with E-state index < -0.39 is 12.2 Å². The average Bonchev–Trinajstić information content (AvgIpc) is 2.33. The van der Waals surface area contributed by atoms with Gasteiger partial charge in [0, 0.05) is 12.8 Å².